The van der Waals surface area contributed by atoms with Crippen molar-refractivity contribution in [3.8, 4) is 27.3 Å². The number of benzene rings is 8. The van der Waals surface area contributed by atoms with Crippen LogP contribution in [0.25, 0.3) is 101 Å². The van der Waals surface area contributed by atoms with E-state index >= 15 is 0 Å². The van der Waals surface area contributed by atoms with Crippen LogP contribution in [0.1, 0.15) is 78.0 Å². The molecule has 3 aliphatic rings. The summed E-state index contributed by atoms with van der Waals surface area (Å²) in [6.45, 7) is 16.7. The van der Waals surface area contributed by atoms with E-state index in [0.29, 0.717) is 0 Å². The summed E-state index contributed by atoms with van der Waals surface area (Å²) in [5, 5.41) is 9.02. The number of para-hydroxylation sites is 1. The summed E-state index contributed by atoms with van der Waals surface area (Å²) >= 11 is 3.89. The Labute approximate surface area is 404 Å². The third kappa shape index (κ3) is 5.15. The molecule has 6 heteroatoms. The Morgan fingerprint density at radius 2 is 1.32 bits per heavy atom. The third-order valence-corrected chi connectivity index (χ3v) is 18.7. The fourth-order valence-corrected chi connectivity index (χ4v) is 15.1. The molecule has 15 rings (SSSR count). The molecule has 4 aromatic heterocycles. The van der Waals surface area contributed by atoms with Crippen LogP contribution in [0, 0.1) is 0 Å². The number of fused-ring (bicyclic) bond motifs is 18. The molecule has 2 aliphatic heterocycles. The van der Waals surface area contributed by atoms with Gasteiger partial charge in [0.05, 0.1) is 11.0 Å². The first-order valence-electron chi connectivity index (χ1n) is 24.3. The molecule has 328 valence electrons. The average Bonchev–Trinajstić information content (AvgIpc) is 4.11. The van der Waals surface area contributed by atoms with Crippen molar-refractivity contribution in [1.82, 2.24) is 4.57 Å². The van der Waals surface area contributed by atoms with Gasteiger partial charge in [0.2, 0.25) is 0 Å². The van der Waals surface area contributed by atoms with Crippen LogP contribution in [0.3, 0.4) is 0 Å². The molecule has 8 aromatic carbocycles. The molecule has 6 heterocycles. The summed E-state index contributed by atoms with van der Waals surface area (Å²) < 4.78 is 13.6. The molecule has 0 saturated carbocycles. The zero-order chi connectivity index (χ0) is 45.7. The summed E-state index contributed by atoms with van der Waals surface area (Å²) in [6.07, 6.45) is 2.34. The Hall–Kier alpha value is -6.60. The van der Waals surface area contributed by atoms with Crippen molar-refractivity contribution in [2.24, 2.45) is 0 Å². The predicted octanol–water partition coefficient (Wildman–Crippen LogP) is 16.8. The molecular weight excluding hydrogens is 864 g/mol. The third-order valence-electron chi connectivity index (χ3n) is 16.4. The molecule has 0 radical (unpaired) electrons. The van der Waals surface area contributed by atoms with Gasteiger partial charge in [0.15, 0.2) is 0 Å². The van der Waals surface area contributed by atoms with Crippen molar-refractivity contribution in [2.45, 2.75) is 77.6 Å². The smallest absolute Gasteiger partial charge is 0.333 e. The molecule has 1 aliphatic carbocycles. The van der Waals surface area contributed by atoms with E-state index in [1.807, 2.05) is 22.7 Å². The highest BCUT2D eigenvalue weighted by molar-refractivity contribution is 7.27. The highest BCUT2D eigenvalue weighted by atomic mass is 32.1. The monoisotopic (exact) mass is 912 g/mol. The number of hydrogen-bond donors (Lipinski definition) is 0. The summed E-state index contributed by atoms with van der Waals surface area (Å²) in [5.74, 6) is 0. The Morgan fingerprint density at radius 1 is 0.603 bits per heavy atom. The van der Waals surface area contributed by atoms with Gasteiger partial charge in [0.25, 0.3) is 0 Å². The molecule has 12 aromatic rings. The highest BCUT2D eigenvalue weighted by Crippen LogP contribution is 2.56. The minimum atomic E-state index is -0.127. The number of furan rings is 1. The maximum Gasteiger partial charge on any atom is 0.333 e. The van der Waals surface area contributed by atoms with Crippen LogP contribution in [0.2, 0.25) is 0 Å². The van der Waals surface area contributed by atoms with Crippen molar-refractivity contribution >= 4 is 126 Å². The Kier molecular flexibility index (Phi) is 7.61. The largest absolute Gasteiger partial charge is 0.456 e. The molecule has 0 bridgehead atoms. The van der Waals surface area contributed by atoms with Crippen LogP contribution in [0.5, 0.6) is 0 Å². The second-order valence-electron chi connectivity index (χ2n) is 22.3. The van der Waals surface area contributed by atoms with Crippen LogP contribution in [0.15, 0.2) is 150 Å². The van der Waals surface area contributed by atoms with Gasteiger partial charge in [0, 0.05) is 73.9 Å². The minimum Gasteiger partial charge on any atom is -0.456 e. The van der Waals surface area contributed by atoms with Crippen LogP contribution in [0.4, 0.5) is 11.4 Å². The number of anilines is 2. The van der Waals surface area contributed by atoms with E-state index in [1.165, 1.54) is 131 Å². The van der Waals surface area contributed by atoms with Gasteiger partial charge in [-0.05, 0) is 134 Å². The molecule has 0 unspecified atom stereocenters. The lowest BCUT2D eigenvalue weighted by molar-refractivity contribution is 0.332. The average molecular weight is 913 g/mol. The van der Waals surface area contributed by atoms with Crippen molar-refractivity contribution in [3.63, 3.8) is 0 Å². The van der Waals surface area contributed by atoms with Gasteiger partial charge in [0.1, 0.15) is 11.2 Å². The van der Waals surface area contributed by atoms with Gasteiger partial charge in [-0.15, -0.1) is 22.7 Å². The van der Waals surface area contributed by atoms with Gasteiger partial charge >= 0.3 is 6.85 Å². The number of aromatic nitrogens is 1. The van der Waals surface area contributed by atoms with Crippen LogP contribution in [-0.2, 0) is 16.2 Å². The summed E-state index contributed by atoms with van der Waals surface area (Å²) in [5.41, 5.74) is 19.2. The number of hydrogen-bond acceptors (Lipinski definition) is 4. The molecule has 0 fully saturated rings. The van der Waals surface area contributed by atoms with E-state index in [9.17, 15) is 0 Å². The molecule has 0 spiro atoms. The number of nitrogens with zero attached hydrogens (tertiary/aromatic N) is 2. The zero-order valence-electron chi connectivity index (χ0n) is 39.5. The lowest BCUT2D eigenvalue weighted by Gasteiger charge is -2.42. The quantitative estimate of drug-likeness (QED) is 0.161. The maximum atomic E-state index is 6.83. The fourth-order valence-electron chi connectivity index (χ4n) is 12.7. The van der Waals surface area contributed by atoms with Crippen LogP contribution >= 0.6 is 22.7 Å². The standard InChI is InChI=1S/C62H49BN2OS2/c1-60(2,3)36-21-23-37(24-22-36)65-47-30-40-38-17-11-13-19-49(38)66-50(40)31-42(47)54-55-39-18-12-14-20-51(39)68-59(55)56-41-29-43-44(62(6,7)26-25-61(43,4)5)32-46(41)64-48-33-53-35(27-45(48)63(65)57(54)58(56)64)28-52(67-53)34-15-9-8-10-16-34/h8-24,27-33H,25-26H2,1-7H3. The molecule has 3 nitrogen and oxygen atoms in total. The molecular formula is C62H49BN2OS2. The van der Waals surface area contributed by atoms with Crippen molar-refractivity contribution < 1.29 is 4.42 Å². The normalized spacial score (nSPS) is 15.9. The van der Waals surface area contributed by atoms with Gasteiger partial charge in [-0.25, -0.2) is 0 Å². The first-order valence-corrected chi connectivity index (χ1v) is 25.9. The molecule has 0 atom stereocenters. The van der Waals surface area contributed by atoms with Crippen LogP contribution in [-0.4, -0.2) is 11.4 Å². The molecule has 0 N–H and O–H groups in total. The highest BCUT2D eigenvalue weighted by Gasteiger charge is 2.47. The van der Waals surface area contributed by atoms with E-state index in [2.05, 4.69) is 203 Å². The number of rotatable bonds is 2. The summed E-state index contributed by atoms with van der Waals surface area (Å²) in [6, 6.07) is 55.9. The lowest BCUT2D eigenvalue weighted by atomic mass is 9.43. The van der Waals surface area contributed by atoms with E-state index in [1.54, 1.807) is 0 Å². The Morgan fingerprint density at radius 3 is 2.10 bits per heavy atom. The summed E-state index contributed by atoms with van der Waals surface area (Å²) in [7, 11) is 0. The molecule has 68 heavy (non-hydrogen) atoms. The predicted molar refractivity (Wildman–Crippen MR) is 295 cm³/mol. The van der Waals surface area contributed by atoms with Gasteiger partial charge < -0.3 is 13.8 Å². The lowest BCUT2D eigenvalue weighted by Crippen LogP contribution is -2.60. The van der Waals surface area contributed by atoms with E-state index in [4.69, 9.17) is 4.42 Å². The van der Waals surface area contributed by atoms with Crippen molar-refractivity contribution in [2.75, 3.05) is 4.81 Å². The summed E-state index contributed by atoms with van der Waals surface area (Å²) in [4.78, 5) is 4.00. The topological polar surface area (TPSA) is 21.3 Å². The SMILES string of the molecule is CC(C)(C)c1ccc(N2B3c4cc5cc(-c6ccccc6)sc5cc4-n4c5cc6c(cc5c5c7sc8ccccc8c7c(c3c54)-c3cc4oc5ccccc5c4cc32)C(C)(C)CCC6(C)C)cc1. The Balaban J connectivity index is 1.18. The van der Waals surface area contributed by atoms with Crippen LogP contribution < -0.4 is 15.7 Å². The first-order chi connectivity index (χ1) is 32.8. The second-order valence-corrected chi connectivity index (χ2v) is 24.4. The van der Waals surface area contributed by atoms with E-state index in [0.717, 1.165) is 21.9 Å². The van der Waals surface area contributed by atoms with Gasteiger partial charge in [-0.1, -0.05) is 133 Å². The van der Waals surface area contributed by atoms with E-state index in [-0.39, 0.29) is 23.1 Å². The Bertz CT molecular complexity index is 4190. The van der Waals surface area contributed by atoms with Crippen molar-refractivity contribution in [1.29, 1.82) is 0 Å². The molecule has 0 saturated heterocycles. The minimum absolute atomic E-state index is 0.0201. The second kappa shape index (κ2) is 13.1. The number of thiophene rings is 2. The fraction of sp³-hybridized carbons (Fsp3) is 0.194. The molecule has 0 amide bonds. The maximum absolute atomic E-state index is 6.83. The van der Waals surface area contributed by atoms with Gasteiger partial charge in [-0.2, -0.15) is 0 Å². The first kappa shape index (κ1) is 39.4. The van der Waals surface area contributed by atoms with E-state index < -0.39 is 0 Å². The van der Waals surface area contributed by atoms with Gasteiger partial charge in [-0.3, -0.25) is 0 Å². The van der Waals surface area contributed by atoms with Crippen molar-refractivity contribution in [3.05, 3.63) is 162 Å². The zero-order valence-corrected chi connectivity index (χ0v) is 41.1.